The van der Waals surface area contributed by atoms with Gasteiger partial charge in [0.15, 0.2) is 0 Å². The Morgan fingerprint density at radius 3 is 2.90 bits per heavy atom. The molecule has 1 N–H and O–H groups in total. The zero-order valence-corrected chi connectivity index (χ0v) is 5.33. The van der Waals surface area contributed by atoms with Crippen molar-refractivity contribution >= 4 is 0 Å². The third kappa shape index (κ3) is 1.13. The second-order valence-corrected chi connectivity index (χ2v) is 1.68. The van der Waals surface area contributed by atoms with Crippen LogP contribution in [0.5, 0.6) is 0 Å². The SMILES string of the molecule is C#CC1=CC=CN(C#C)N1. The van der Waals surface area contributed by atoms with Crippen LogP contribution in [0.15, 0.2) is 24.0 Å². The lowest BCUT2D eigenvalue weighted by atomic mass is 10.4. The van der Waals surface area contributed by atoms with Crippen LogP contribution in [0.2, 0.25) is 0 Å². The van der Waals surface area contributed by atoms with Gasteiger partial charge in [-0.1, -0.05) is 12.3 Å². The second kappa shape index (κ2) is 2.66. The van der Waals surface area contributed by atoms with Crippen LogP contribution in [0.25, 0.3) is 0 Å². The smallest absolute Gasteiger partial charge is 0.105 e. The van der Waals surface area contributed by atoms with E-state index in [1.165, 1.54) is 5.01 Å². The fourth-order valence-corrected chi connectivity index (χ4v) is 0.585. The van der Waals surface area contributed by atoms with Gasteiger partial charge in [0.2, 0.25) is 0 Å². The molecule has 1 aliphatic rings. The Kier molecular flexibility index (Phi) is 1.68. The lowest BCUT2D eigenvalue weighted by molar-refractivity contribution is 0.441. The van der Waals surface area contributed by atoms with Gasteiger partial charge in [-0.3, -0.25) is 5.43 Å². The average molecular weight is 130 g/mol. The minimum absolute atomic E-state index is 0.667. The summed E-state index contributed by atoms with van der Waals surface area (Å²) in [6.45, 7) is 0. The van der Waals surface area contributed by atoms with E-state index >= 15 is 0 Å². The van der Waals surface area contributed by atoms with Crippen LogP contribution in [0.1, 0.15) is 0 Å². The molecule has 1 aliphatic heterocycles. The molecule has 0 aromatic rings. The Morgan fingerprint density at radius 1 is 1.50 bits per heavy atom. The summed E-state index contributed by atoms with van der Waals surface area (Å²) in [6.07, 6.45) is 15.5. The van der Waals surface area contributed by atoms with Crippen molar-refractivity contribution in [1.82, 2.24) is 10.4 Å². The Hall–Kier alpha value is -1.80. The van der Waals surface area contributed by atoms with Gasteiger partial charge in [-0.15, -0.1) is 6.42 Å². The lowest BCUT2D eigenvalue weighted by Gasteiger charge is -2.16. The summed E-state index contributed by atoms with van der Waals surface area (Å²) in [5, 5.41) is 1.45. The highest BCUT2D eigenvalue weighted by Gasteiger charge is 1.98. The van der Waals surface area contributed by atoms with Crippen LogP contribution >= 0.6 is 0 Å². The predicted octanol–water partition coefficient (Wildman–Crippen LogP) is 0.428. The summed E-state index contributed by atoms with van der Waals surface area (Å²) in [5.74, 6) is 2.43. The highest BCUT2D eigenvalue weighted by atomic mass is 15.5. The first-order chi connectivity index (χ1) is 4.86. The number of nitrogens with zero attached hydrogens (tertiary/aromatic N) is 1. The molecule has 48 valence electrons. The van der Waals surface area contributed by atoms with E-state index in [1.54, 1.807) is 18.4 Å². The van der Waals surface area contributed by atoms with Crippen molar-refractivity contribution < 1.29 is 0 Å². The molecule has 1 heterocycles. The van der Waals surface area contributed by atoms with E-state index in [0.717, 1.165) is 0 Å². The zero-order chi connectivity index (χ0) is 7.40. The predicted molar refractivity (Wildman–Crippen MR) is 39.9 cm³/mol. The van der Waals surface area contributed by atoms with Crippen molar-refractivity contribution in [1.29, 1.82) is 0 Å². The summed E-state index contributed by atoms with van der Waals surface area (Å²) >= 11 is 0. The van der Waals surface area contributed by atoms with E-state index in [9.17, 15) is 0 Å². The number of hydrogen-bond donors (Lipinski definition) is 1. The first kappa shape index (κ1) is 6.32. The largest absolute Gasteiger partial charge is 0.279 e. The molecule has 2 heteroatoms. The van der Waals surface area contributed by atoms with Gasteiger partial charge in [0, 0.05) is 12.2 Å². The second-order valence-electron chi connectivity index (χ2n) is 1.68. The molecule has 0 radical (unpaired) electrons. The fourth-order valence-electron chi connectivity index (χ4n) is 0.585. The maximum Gasteiger partial charge on any atom is 0.105 e. The first-order valence-electron chi connectivity index (χ1n) is 2.74. The Morgan fingerprint density at radius 2 is 2.30 bits per heavy atom. The zero-order valence-electron chi connectivity index (χ0n) is 5.33. The lowest BCUT2D eigenvalue weighted by Crippen LogP contribution is -2.29. The maximum absolute atomic E-state index is 5.11. The molecule has 0 aromatic carbocycles. The third-order valence-corrected chi connectivity index (χ3v) is 1.03. The highest BCUT2D eigenvalue weighted by molar-refractivity contribution is 5.30. The van der Waals surface area contributed by atoms with Gasteiger partial charge in [-0.2, -0.15) is 0 Å². The summed E-state index contributed by atoms with van der Waals surface area (Å²) in [7, 11) is 0. The van der Waals surface area contributed by atoms with Crippen LogP contribution in [-0.2, 0) is 0 Å². The first-order valence-corrected chi connectivity index (χ1v) is 2.74. The molecule has 0 unspecified atom stereocenters. The number of nitrogens with one attached hydrogen (secondary N) is 1. The summed E-state index contributed by atoms with van der Waals surface area (Å²) in [4.78, 5) is 0. The number of hydrazine groups is 1. The summed E-state index contributed by atoms with van der Waals surface area (Å²) in [5.41, 5.74) is 3.46. The molecule has 0 spiro atoms. The molecule has 0 saturated carbocycles. The van der Waals surface area contributed by atoms with Crippen molar-refractivity contribution in [3.63, 3.8) is 0 Å². The molecule has 0 aliphatic carbocycles. The average Bonchev–Trinajstić information content (AvgIpc) is 2.05. The van der Waals surface area contributed by atoms with E-state index in [-0.39, 0.29) is 0 Å². The van der Waals surface area contributed by atoms with Crippen molar-refractivity contribution in [2.24, 2.45) is 0 Å². The van der Waals surface area contributed by atoms with E-state index in [1.807, 2.05) is 0 Å². The molecule has 0 aromatic heterocycles. The number of allylic oxidation sites excluding steroid dienone is 3. The molecule has 0 bridgehead atoms. The minimum Gasteiger partial charge on any atom is -0.279 e. The van der Waals surface area contributed by atoms with Gasteiger partial charge in [-0.05, 0) is 12.2 Å². The van der Waals surface area contributed by atoms with Gasteiger partial charge < -0.3 is 0 Å². The molecule has 2 nitrogen and oxygen atoms in total. The molecule has 0 saturated heterocycles. The molecule has 1 rings (SSSR count). The molecule has 0 fully saturated rings. The topological polar surface area (TPSA) is 15.3 Å². The molecular weight excluding hydrogens is 124 g/mol. The molecule has 0 atom stereocenters. The fraction of sp³-hybridized carbons (Fsp3) is 0. The number of terminal acetylenes is 2. The quantitative estimate of drug-likeness (QED) is 0.478. The minimum atomic E-state index is 0.667. The van der Waals surface area contributed by atoms with E-state index in [4.69, 9.17) is 12.8 Å². The Balaban J connectivity index is 2.72. The van der Waals surface area contributed by atoms with Gasteiger partial charge in [0.25, 0.3) is 0 Å². The summed E-state index contributed by atoms with van der Waals surface area (Å²) in [6, 6.07) is 2.37. The molecular formula is C8H6N2. The van der Waals surface area contributed by atoms with Crippen LogP contribution in [0, 0.1) is 24.8 Å². The number of rotatable bonds is 0. The third-order valence-electron chi connectivity index (χ3n) is 1.03. The Bertz CT molecular complexity index is 260. The Labute approximate surface area is 60.2 Å². The standard InChI is InChI=1S/C8H6N2/c1-3-8-6-5-7-10(4-2)9-8/h1-2,5-7,9H. The van der Waals surface area contributed by atoms with Gasteiger partial charge in [0.1, 0.15) is 5.70 Å². The van der Waals surface area contributed by atoms with Crippen LogP contribution in [0.3, 0.4) is 0 Å². The molecule has 10 heavy (non-hydrogen) atoms. The van der Waals surface area contributed by atoms with Crippen LogP contribution < -0.4 is 5.43 Å². The van der Waals surface area contributed by atoms with E-state index in [0.29, 0.717) is 5.70 Å². The van der Waals surface area contributed by atoms with Gasteiger partial charge >= 0.3 is 0 Å². The van der Waals surface area contributed by atoms with Gasteiger partial charge in [-0.25, -0.2) is 5.01 Å². The monoisotopic (exact) mass is 130 g/mol. The highest BCUT2D eigenvalue weighted by Crippen LogP contribution is 1.97. The maximum atomic E-state index is 5.11. The van der Waals surface area contributed by atoms with Crippen LogP contribution in [0.4, 0.5) is 0 Å². The van der Waals surface area contributed by atoms with Gasteiger partial charge in [0.05, 0.1) is 0 Å². The normalized spacial score (nSPS) is 14.6. The summed E-state index contributed by atoms with van der Waals surface area (Å²) < 4.78 is 0. The van der Waals surface area contributed by atoms with Crippen molar-refractivity contribution in [3.8, 4) is 24.8 Å². The van der Waals surface area contributed by atoms with E-state index in [2.05, 4.69) is 17.4 Å². The van der Waals surface area contributed by atoms with Crippen molar-refractivity contribution in [3.05, 3.63) is 24.0 Å². The van der Waals surface area contributed by atoms with Crippen LogP contribution in [-0.4, -0.2) is 5.01 Å². The molecule has 0 amide bonds. The van der Waals surface area contributed by atoms with Crippen molar-refractivity contribution in [2.75, 3.05) is 0 Å². The number of hydrogen-bond acceptors (Lipinski definition) is 2. The van der Waals surface area contributed by atoms with Crippen molar-refractivity contribution in [2.45, 2.75) is 0 Å². The van der Waals surface area contributed by atoms with E-state index < -0.39 is 0 Å².